The molecule has 1 N–H and O–H groups in total. The molecule has 0 saturated carbocycles. The van der Waals surface area contributed by atoms with Crippen LogP contribution in [0.4, 0.5) is 8.78 Å². The maximum absolute atomic E-state index is 11.9. The molecule has 0 atom stereocenters. The molecule has 116 valence electrons. The van der Waals surface area contributed by atoms with Gasteiger partial charge in [-0.05, 0) is 40.6 Å². The van der Waals surface area contributed by atoms with Crippen molar-refractivity contribution in [3.8, 4) is 0 Å². The zero-order valence-electron chi connectivity index (χ0n) is 10.9. The normalized spacial score (nSPS) is 12.3. The molecule has 5 nitrogen and oxygen atoms in total. The van der Waals surface area contributed by atoms with Crippen molar-refractivity contribution < 1.29 is 31.3 Å². The Bertz CT molecular complexity index is 843. The van der Waals surface area contributed by atoms with E-state index in [1.165, 1.54) is 18.2 Å². The standard InChI is InChI=1S/C14H10F2O5S/c15-14(16)21-22(19,20)6-5-9-1-2-11-8-12(13(17)18)4-3-10(11)7-9/h1-8,14H,(H,17,18)/b6-5+. The van der Waals surface area contributed by atoms with Crippen LogP contribution in [0.15, 0.2) is 41.8 Å². The van der Waals surface area contributed by atoms with Gasteiger partial charge < -0.3 is 5.11 Å². The molecular formula is C14H10F2O5S. The second kappa shape index (κ2) is 6.20. The molecule has 2 aromatic rings. The third-order valence-corrected chi connectivity index (χ3v) is 3.63. The highest BCUT2D eigenvalue weighted by Crippen LogP contribution is 2.19. The Hall–Kier alpha value is -2.32. The average molecular weight is 328 g/mol. The molecule has 0 radical (unpaired) electrons. The number of halogens is 2. The van der Waals surface area contributed by atoms with Gasteiger partial charge in [0.1, 0.15) is 0 Å². The summed E-state index contributed by atoms with van der Waals surface area (Å²) in [5.41, 5.74) is 0.570. The maximum Gasteiger partial charge on any atom is 0.359 e. The summed E-state index contributed by atoms with van der Waals surface area (Å²) < 4.78 is 49.5. The molecule has 0 saturated heterocycles. The fourth-order valence-corrected chi connectivity index (χ4v) is 2.39. The van der Waals surface area contributed by atoms with E-state index in [-0.39, 0.29) is 5.56 Å². The van der Waals surface area contributed by atoms with Crippen molar-refractivity contribution in [1.29, 1.82) is 0 Å². The van der Waals surface area contributed by atoms with Gasteiger partial charge in [0.2, 0.25) is 0 Å². The van der Waals surface area contributed by atoms with Crippen molar-refractivity contribution in [2.45, 2.75) is 6.61 Å². The predicted molar refractivity (Wildman–Crippen MR) is 76.0 cm³/mol. The van der Waals surface area contributed by atoms with Crippen LogP contribution in [0.25, 0.3) is 16.8 Å². The number of hydrogen-bond acceptors (Lipinski definition) is 4. The lowest BCUT2D eigenvalue weighted by molar-refractivity contribution is -0.0432. The van der Waals surface area contributed by atoms with E-state index in [9.17, 15) is 22.0 Å². The summed E-state index contributed by atoms with van der Waals surface area (Å²) in [5, 5.41) is 10.8. The van der Waals surface area contributed by atoms with Gasteiger partial charge in [-0.15, -0.1) is 0 Å². The fourth-order valence-electron chi connectivity index (χ4n) is 1.80. The monoisotopic (exact) mass is 328 g/mol. The van der Waals surface area contributed by atoms with Gasteiger partial charge in [-0.3, -0.25) is 0 Å². The van der Waals surface area contributed by atoms with Crippen molar-refractivity contribution in [3.05, 3.63) is 52.9 Å². The number of benzene rings is 2. The topological polar surface area (TPSA) is 80.7 Å². The van der Waals surface area contributed by atoms with E-state index in [0.29, 0.717) is 21.7 Å². The molecule has 22 heavy (non-hydrogen) atoms. The minimum absolute atomic E-state index is 0.128. The minimum Gasteiger partial charge on any atom is -0.478 e. The van der Waals surface area contributed by atoms with Gasteiger partial charge in [-0.1, -0.05) is 18.2 Å². The van der Waals surface area contributed by atoms with Crippen LogP contribution in [0.2, 0.25) is 0 Å². The fraction of sp³-hybridized carbons (Fsp3) is 0.0714. The van der Waals surface area contributed by atoms with E-state index in [4.69, 9.17) is 5.11 Å². The summed E-state index contributed by atoms with van der Waals surface area (Å²) in [6.07, 6.45) is 1.11. The first kappa shape index (κ1) is 16.1. The molecule has 0 aliphatic rings. The van der Waals surface area contributed by atoms with Gasteiger partial charge in [0.25, 0.3) is 10.1 Å². The molecule has 2 rings (SSSR count). The van der Waals surface area contributed by atoms with Gasteiger partial charge in [-0.25, -0.2) is 4.79 Å². The molecule has 0 fully saturated rings. The first-order chi connectivity index (χ1) is 10.3. The highest BCUT2D eigenvalue weighted by atomic mass is 32.2. The van der Waals surface area contributed by atoms with E-state index in [1.54, 1.807) is 18.2 Å². The zero-order valence-corrected chi connectivity index (χ0v) is 11.8. The molecule has 0 aliphatic carbocycles. The first-order valence-corrected chi connectivity index (χ1v) is 7.41. The van der Waals surface area contributed by atoms with E-state index in [2.05, 4.69) is 4.18 Å². The van der Waals surface area contributed by atoms with E-state index < -0.39 is 22.7 Å². The largest absolute Gasteiger partial charge is 0.478 e. The molecule has 0 heterocycles. The van der Waals surface area contributed by atoms with Crippen molar-refractivity contribution in [1.82, 2.24) is 0 Å². The summed E-state index contributed by atoms with van der Waals surface area (Å²) in [6, 6.07) is 9.18. The Morgan fingerprint density at radius 2 is 1.77 bits per heavy atom. The number of carboxylic acid groups (broad SMARTS) is 1. The van der Waals surface area contributed by atoms with E-state index in [0.717, 1.165) is 6.08 Å². The molecular weight excluding hydrogens is 318 g/mol. The molecule has 8 heteroatoms. The van der Waals surface area contributed by atoms with Gasteiger partial charge in [0.15, 0.2) is 0 Å². The highest BCUT2D eigenvalue weighted by molar-refractivity contribution is 7.89. The molecule has 0 aromatic heterocycles. The molecule has 0 aliphatic heterocycles. The summed E-state index contributed by atoms with van der Waals surface area (Å²) in [6.45, 7) is -3.42. The summed E-state index contributed by atoms with van der Waals surface area (Å²) >= 11 is 0. The molecule has 0 amide bonds. The van der Waals surface area contributed by atoms with Crippen molar-refractivity contribution in [2.75, 3.05) is 0 Å². The van der Waals surface area contributed by atoms with Crippen molar-refractivity contribution >= 4 is 32.9 Å². The van der Waals surface area contributed by atoms with Crippen LogP contribution in [-0.4, -0.2) is 26.1 Å². The van der Waals surface area contributed by atoms with Gasteiger partial charge in [-0.2, -0.15) is 21.4 Å². The van der Waals surface area contributed by atoms with Gasteiger partial charge >= 0.3 is 12.6 Å². The average Bonchev–Trinajstić information content (AvgIpc) is 2.43. The smallest absolute Gasteiger partial charge is 0.359 e. The number of aromatic carboxylic acids is 1. The van der Waals surface area contributed by atoms with Crippen molar-refractivity contribution in [3.63, 3.8) is 0 Å². The second-order valence-electron chi connectivity index (χ2n) is 4.28. The first-order valence-electron chi connectivity index (χ1n) is 5.93. The lowest BCUT2D eigenvalue weighted by Gasteiger charge is -2.02. The summed E-state index contributed by atoms with van der Waals surface area (Å²) in [7, 11) is -4.46. The maximum atomic E-state index is 11.9. The Morgan fingerprint density at radius 3 is 2.41 bits per heavy atom. The molecule has 2 aromatic carbocycles. The van der Waals surface area contributed by atoms with Crippen LogP contribution in [-0.2, 0) is 14.3 Å². The number of alkyl halides is 2. The van der Waals surface area contributed by atoms with Crippen LogP contribution in [0.1, 0.15) is 15.9 Å². The summed E-state index contributed by atoms with van der Waals surface area (Å²) in [4.78, 5) is 10.9. The molecule has 0 unspecified atom stereocenters. The Labute approximate surface area is 124 Å². The Kier molecular flexibility index (Phi) is 4.53. The number of carboxylic acids is 1. The van der Waals surface area contributed by atoms with E-state index >= 15 is 0 Å². The van der Waals surface area contributed by atoms with Crippen LogP contribution in [0, 0.1) is 0 Å². The van der Waals surface area contributed by atoms with Crippen LogP contribution in [0.3, 0.4) is 0 Å². The SMILES string of the molecule is O=C(O)c1ccc2cc(/C=C/S(=O)(=O)OC(F)F)ccc2c1. The van der Waals surface area contributed by atoms with E-state index in [1.807, 2.05) is 0 Å². The van der Waals surface area contributed by atoms with Gasteiger partial charge in [0, 0.05) is 0 Å². The summed E-state index contributed by atoms with van der Waals surface area (Å²) in [5.74, 6) is -1.05. The lowest BCUT2D eigenvalue weighted by atomic mass is 10.0. The molecule has 0 bridgehead atoms. The predicted octanol–water partition coefficient (Wildman–Crippen LogP) is 3.08. The third-order valence-electron chi connectivity index (χ3n) is 2.75. The number of carbonyl (C=O) groups is 1. The lowest BCUT2D eigenvalue weighted by Crippen LogP contribution is -2.06. The molecule has 0 spiro atoms. The third kappa shape index (κ3) is 4.09. The Morgan fingerprint density at radius 1 is 1.14 bits per heavy atom. The Balaban J connectivity index is 2.30. The zero-order chi connectivity index (χ0) is 16.3. The minimum atomic E-state index is -4.46. The van der Waals surface area contributed by atoms with Crippen molar-refractivity contribution in [2.24, 2.45) is 0 Å². The number of rotatable bonds is 5. The van der Waals surface area contributed by atoms with Crippen LogP contribution in [0.5, 0.6) is 0 Å². The quantitative estimate of drug-likeness (QED) is 0.853. The number of hydrogen-bond donors (Lipinski definition) is 1. The highest BCUT2D eigenvalue weighted by Gasteiger charge is 2.14. The number of fused-ring (bicyclic) bond motifs is 1. The second-order valence-corrected chi connectivity index (χ2v) is 5.73. The van der Waals surface area contributed by atoms with Crippen LogP contribution >= 0.6 is 0 Å². The van der Waals surface area contributed by atoms with Gasteiger partial charge in [0.05, 0.1) is 11.0 Å². The van der Waals surface area contributed by atoms with Crippen LogP contribution < -0.4 is 0 Å².